The summed E-state index contributed by atoms with van der Waals surface area (Å²) in [6, 6.07) is 9.69. The van der Waals surface area contributed by atoms with Gasteiger partial charge in [0.15, 0.2) is 0 Å². The van der Waals surface area contributed by atoms with Crippen LogP contribution in [0.2, 0.25) is 0 Å². The molecule has 2 N–H and O–H groups in total. The zero-order chi connectivity index (χ0) is 13.1. The monoisotopic (exact) mass is 295 g/mol. The van der Waals surface area contributed by atoms with Crippen molar-refractivity contribution in [1.29, 1.82) is 0 Å². The third-order valence-corrected chi connectivity index (χ3v) is 3.43. The van der Waals surface area contributed by atoms with Gasteiger partial charge in [-0.15, -0.1) is 12.4 Å². The van der Waals surface area contributed by atoms with Crippen molar-refractivity contribution in [1.82, 2.24) is 15.5 Å². The summed E-state index contributed by atoms with van der Waals surface area (Å²) < 4.78 is 5.24. The standard InChI is InChI=1S/C14H17N3O2.ClH/c18-14(7-4-8-15-10-14)9-12-16-13(17-19-12)11-5-2-1-3-6-11;/h1-3,5-6,15,18H,4,7-10H2;1H. The van der Waals surface area contributed by atoms with Crippen LogP contribution in [-0.2, 0) is 6.42 Å². The molecule has 0 aliphatic carbocycles. The summed E-state index contributed by atoms with van der Waals surface area (Å²) in [5.41, 5.74) is 0.157. The van der Waals surface area contributed by atoms with Crippen LogP contribution < -0.4 is 5.32 Å². The molecule has 108 valence electrons. The molecule has 1 atom stereocenters. The molecule has 0 bridgehead atoms. The Morgan fingerprint density at radius 3 is 2.80 bits per heavy atom. The van der Waals surface area contributed by atoms with Crippen molar-refractivity contribution in [3.8, 4) is 11.4 Å². The highest BCUT2D eigenvalue weighted by molar-refractivity contribution is 5.85. The fourth-order valence-corrected chi connectivity index (χ4v) is 2.42. The summed E-state index contributed by atoms with van der Waals surface area (Å²) >= 11 is 0. The molecule has 6 heteroatoms. The van der Waals surface area contributed by atoms with E-state index in [0.717, 1.165) is 24.9 Å². The molecule has 0 amide bonds. The fourth-order valence-electron chi connectivity index (χ4n) is 2.42. The molecule has 1 aromatic carbocycles. The zero-order valence-corrected chi connectivity index (χ0v) is 11.9. The van der Waals surface area contributed by atoms with Crippen molar-refractivity contribution in [2.24, 2.45) is 0 Å². The van der Waals surface area contributed by atoms with Crippen LogP contribution in [-0.4, -0.2) is 33.9 Å². The summed E-state index contributed by atoms with van der Waals surface area (Å²) in [7, 11) is 0. The molecule has 0 radical (unpaired) electrons. The van der Waals surface area contributed by atoms with Crippen LogP contribution in [0.1, 0.15) is 18.7 Å². The minimum Gasteiger partial charge on any atom is -0.388 e. The Balaban J connectivity index is 0.00000147. The zero-order valence-electron chi connectivity index (χ0n) is 11.1. The molecule has 1 aliphatic rings. The second-order valence-electron chi connectivity index (χ2n) is 5.06. The number of halogens is 1. The second kappa shape index (κ2) is 6.35. The van der Waals surface area contributed by atoms with Crippen molar-refractivity contribution in [3.05, 3.63) is 36.2 Å². The van der Waals surface area contributed by atoms with Gasteiger partial charge in [-0.2, -0.15) is 4.98 Å². The maximum absolute atomic E-state index is 10.4. The maximum Gasteiger partial charge on any atom is 0.229 e. The molecule has 1 saturated heterocycles. The number of β-amino-alcohol motifs (C(OH)–C–C–N with tert-alkyl or cyclic N) is 1. The lowest BCUT2D eigenvalue weighted by atomic mass is 9.91. The minimum absolute atomic E-state index is 0. The third-order valence-electron chi connectivity index (χ3n) is 3.43. The van der Waals surface area contributed by atoms with Crippen LogP contribution in [0.4, 0.5) is 0 Å². The summed E-state index contributed by atoms with van der Waals surface area (Å²) in [4.78, 5) is 4.35. The van der Waals surface area contributed by atoms with E-state index in [4.69, 9.17) is 4.52 Å². The van der Waals surface area contributed by atoms with Gasteiger partial charge in [-0.1, -0.05) is 35.5 Å². The van der Waals surface area contributed by atoms with Crippen molar-refractivity contribution < 1.29 is 9.63 Å². The minimum atomic E-state index is -0.765. The number of benzene rings is 1. The molecule has 3 rings (SSSR count). The number of aromatic nitrogens is 2. The van der Waals surface area contributed by atoms with Gasteiger partial charge in [-0.05, 0) is 19.4 Å². The maximum atomic E-state index is 10.4. The first-order valence-corrected chi connectivity index (χ1v) is 6.56. The lowest BCUT2D eigenvalue weighted by Crippen LogP contribution is -2.47. The summed E-state index contributed by atoms with van der Waals surface area (Å²) in [6.07, 6.45) is 2.14. The van der Waals surface area contributed by atoms with Crippen molar-refractivity contribution >= 4 is 12.4 Å². The van der Waals surface area contributed by atoms with Gasteiger partial charge in [-0.25, -0.2) is 0 Å². The van der Waals surface area contributed by atoms with Gasteiger partial charge in [0, 0.05) is 12.1 Å². The number of nitrogens with zero attached hydrogens (tertiary/aromatic N) is 2. The third kappa shape index (κ3) is 3.36. The highest BCUT2D eigenvalue weighted by Gasteiger charge is 2.31. The van der Waals surface area contributed by atoms with Crippen LogP contribution in [0.3, 0.4) is 0 Å². The molecule has 1 unspecified atom stereocenters. The topological polar surface area (TPSA) is 71.2 Å². The van der Waals surface area contributed by atoms with E-state index in [1.807, 2.05) is 30.3 Å². The van der Waals surface area contributed by atoms with Gasteiger partial charge in [-0.3, -0.25) is 0 Å². The Morgan fingerprint density at radius 2 is 2.10 bits per heavy atom. The smallest absolute Gasteiger partial charge is 0.229 e. The van der Waals surface area contributed by atoms with E-state index in [1.165, 1.54) is 0 Å². The molecule has 1 fully saturated rings. The molecular formula is C14H18ClN3O2. The van der Waals surface area contributed by atoms with Crippen LogP contribution >= 0.6 is 12.4 Å². The lowest BCUT2D eigenvalue weighted by Gasteiger charge is -2.31. The summed E-state index contributed by atoms with van der Waals surface area (Å²) in [6.45, 7) is 1.54. The Bertz CT molecular complexity index is 538. The average Bonchev–Trinajstić information content (AvgIpc) is 2.88. The summed E-state index contributed by atoms with van der Waals surface area (Å²) in [5.74, 6) is 1.06. The Hall–Kier alpha value is -1.43. The first-order valence-electron chi connectivity index (χ1n) is 6.56. The van der Waals surface area contributed by atoms with Crippen LogP contribution in [0.25, 0.3) is 11.4 Å². The van der Waals surface area contributed by atoms with Crippen molar-refractivity contribution in [2.75, 3.05) is 13.1 Å². The molecular weight excluding hydrogens is 278 g/mol. The van der Waals surface area contributed by atoms with Gasteiger partial charge in [0.05, 0.1) is 12.0 Å². The van der Waals surface area contributed by atoms with Gasteiger partial charge in [0.2, 0.25) is 11.7 Å². The van der Waals surface area contributed by atoms with Crippen LogP contribution in [0.15, 0.2) is 34.9 Å². The first kappa shape index (κ1) is 15.0. The van der Waals surface area contributed by atoms with Crippen molar-refractivity contribution in [2.45, 2.75) is 24.9 Å². The van der Waals surface area contributed by atoms with E-state index in [1.54, 1.807) is 0 Å². The number of aliphatic hydroxyl groups is 1. The predicted molar refractivity (Wildman–Crippen MR) is 77.7 cm³/mol. The largest absolute Gasteiger partial charge is 0.388 e. The Kier molecular flexibility index (Phi) is 4.75. The highest BCUT2D eigenvalue weighted by atomic mass is 35.5. The molecule has 2 aromatic rings. The van der Waals surface area contributed by atoms with Crippen molar-refractivity contribution in [3.63, 3.8) is 0 Å². The van der Waals surface area contributed by atoms with E-state index in [0.29, 0.717) is 24.7 Å². The van der Waals surface area contributed by atoms with E-state index in [-0.39, 0.29) is 12.4 Å². The molecule has 5 nitrogen and oxygen atoms in total. The number of hydrogen-bond donors (Lipinski definition) is 2. The SMILES string of the molecule is Cl.OC1(Cc2nc(-c3ccccc3)no2)CCCNC1. The number of rotatable bonds is 3. The second-order valence-corrected chi connectivity index (χ2v) is 5.06. The van der Waals surface area contributed by atoms with E-state index >= 15 is 0 Å². The average molecular weight is 296 g/mol. The van der Waals surface area contributed by atoms with Crippen LogP contribution in [0, 0.1) is 0 Å². The lowest BCUT2D eigenvalue weighted by molar-refractivity contribution is 0.0103. The van der Waals surface area contributed by atoms with Gasteiger partial charge in [0.25, 0.3) is 0 Å². The molecule has 1 aliphatic heterocycles. The Labute approximate surface area is 123 Å². The molecule has 1 aromatic heterocycles. The van der Waals surface area contributed by atoms with E-state index in [2.05, 4.69) is 15.5 Å². The van der Waals surface area contributed by atoms with Gasteiger partial charge < -0.3 is 14.9 Å². The normalized spacial score (nSPS) is 22.2. The quantitative estimate of drug-likeness (QED) is 0.904. The summed E-state index contributed by atoms with van der Waals surface area (Å²) in [5, 5.41) is 17.6. The van der Waals surface area contributed by atoms with E-state index < -0.39 is 5.60 Å². The molecule has 0 spiro atoms. The number of nitrogens with one attached hydrogen (secondary N) is 1. The van der Waals surface area contributed by atoms with Crippen LogP contribution in [0.5, 0.6) is 0 Å². The number of hydrogen-bond acceptors (Lipinski definition) is 5. The number of piperidine rings is 1. The first-order chi connectivity index (χ1) is 9.25. The predicted octanol–water partition coefficient (Wildman–Crippen LogP) is 1.82. The van der Waals surface area contributed by atoms with Gasteiger partial charge in [0.1, 0.15) is 0 Å². The Morgan fingerprint density at radius 1 is 1.30 bits per heavy atom. The molecule has 20 heavy (non-hydrogen) atoms. The highest BCUT2D eigenvalue weighted by Crippen LogP contribution is 2.22. The molecule has 2 heterocycles. The van der Waals surface area contributed by atoms with Gasteiger partial charge >= 0.3 is 0 Å². The molecule has 0 saturated carbocycles. The van der Waals surface area contributed by atoms with E-state index in [9.17, 15) is 5.11 Å². The fraction of sp³-hybridized carbons (Fsp3) is 0.429.